The maximum absolute atomic E-state index is 11.9. The van der Waals surface area contributed by atoms with Gasteiger partial charge in [0, 0.05) is 23.6 Å². The Labute approximate surface area is 121 Å². The third kappa shape index (κ3) is 3.84. The fraction of sp³-hybridized carbons (Fsp3) is 0.357. The average molecular weight is 292 g/mol. The Bertz CT molecular complexity index is 536. The molecule has 20 heavy (non-hydrogen) atoms. The zero-order valence-electron chi connectivity index (χ0n) is 11.1. The summed E-state index contributed by atoms with van der Waals surface area (Å²) in [5.41, 5.74) is 0.987. The van der Waals surface area contributed by atoms with Crippen LogP contribution in [0.1, 0.15) is 28.9 Å². The van der Waals surface area contributed by atoms with E-state index in [1.807, 2.05) is 0 Å². The van der Waals surface area contributed by atoms with E-state index in [1.54, 1.807) is 23.9 Å². The van der Waals surface area contributed by atoms with Crippen LogP contribution in [0.2, 0.25) is 0 Å². The monoisotopic (exact) mass is 292 g/mol. The first-order valence-corrected chi connectivity index (χ1v) is 7.48. The van der Waals surface area contributed by atoms with E-state index in [1.165, 1.54) is 12.3 Å². The second-order valence-electron chi connectivity index (χ2n) is 4.72. The number of hydrogen-bond donors (Lipinski definition) is 2. The van der Waals surface area contributed by atoms with Gasteiger partial charge in [0.05, 0.1) is 0 Å². The molecule has 0 saturated heterocycles. The normalized spacial score (nSPS) is 16.1. The highest BCUT2D eigenvalue weighted by atomic mass is 32.2. The minimum absolute atomic E-state index is 0.195. The van der Waals surface area contributed by atoms with Crippen molar-refractivity contribution >= 4 is 29.7 Å². The van der Waals surface area contributed by atoms with Crippen molar-refractivity contribution in [2.24, 2.45) is 0 Å². The number of carbonyl (C=O) groups is 2. The maximum atomic E-state index is 11.9. The third-order valence-electron chi connectivity index (χ3n) is 3.25. The average Bonchev–Trinajstić information content (AvgIpc) is 3.24. The van der Waals surface area contributed by atoms with Gasteiger partial charge in [0.2, 0.25) is 0 Å². The summed E-state index contributed by atoms with van der Waals surface area (Å²) in [6, 6.07) is 3.26. The number of amides is 1. The first-order valence-electron chi connectivity index (χ1n) is 6.25. The van der Waals surface area contributed by atoms with Gasteiger partial charge in [-0.25, -0.2) is 4.79 Å². The van der Waals surface area contributed by atoms with Crippen molar-refractivity contribution in [2.45, 2.75) is 17.6 Å². The molecule has 2 rings (SSSR count). The van der Waals surface area contributed by atoms with E-state index in [9.17, 15) is 9.59 Å². The first kappa shape index (κ1) is 14.6. The van der Waals surface area contributed by atoms with Crippen molar-refractivity contribution in [3.63, 3.8) is 0 Å². The van der Waals surface area contributed by atoms with Gasteiger partial charge in [-0.1, -0.05) is 6.07 Å². The number of carboxylic acids is 1. The number of thioether (sulfide) groups is 1. The Kier molecular flexibility index (Phi) is 4.44. The predicted octanol–water partition coefficient (Wildman–Crippen LogP) is 1.80. The number of aliphatic carboxylic acids is 1. The van der Waals surface area contributed by atoms with Gasteiger partial charge in [-0.2, -0.15) is 11.8 Å². The van der Waals surface area contributed by atoms with Crippen molar-refractivity contribution in [3.05, 3.63) is 35.7 Å². The number of carboxylic acid groups (broad SMARTS) is 1. The fourth-order valence-electron chi connectivity index (χ4n) is 1.73. The van der Waals surface area contributed by atoms with Crippen molar-refractivity contribution in [1.82, 2.24) is 10.3 Å². The molecule has 1 aliphatic carbocycles. The molecule has 1 aromatic rings. The molecular weight excluding hydrogens is 276 g/mol. The lowest BCUT2D eigenvalue weighted by Crippen LogP contribution is -2.32. The third-order valence-corrected chi connectivity index (χ3v) is 4.67. The van der Waals surface area contributed by atoms with E-state index >= 15 is 0 Å². The number of aromatic nitrogens is 1. The topological polar surface area (TPSA) is 79.3 Å². The number of rotatable bonds is 6. The van der Waals surface area contributed by atoms with Crippen LogP contribution in [0.3, 0.4) is 0 Å². The van der Waals surface area contributed by atoms with Gasteiger partial charge in [0.1, 0.15) is 5.69 Å². The van der Waals surface area contributed by atoms with Gasteiger partial charge in [-0.05, 0) is 36.8 Å². The Morgan fingerprint density at radius 3 is 2.75 bits per heavy atom. The SMILES string of the molecule is CSC1(CNC(=O)c2ccc(/C=C/C(=O)O)cn2)CC1. The van der Waals surface area contributed by atoms with Crippen LogP contribution in [0.5, 0.6) is 0 Å². The molecular formula is C14H16N2O3S. The molecule has 0 aromatic carbocycles. The van der Waals surface area contributed by atoms with E-state index in [2.05, 4.69) is 16.6 Å². The van der Waals surface area contributed by atoms with E-state index in [4.69, 9.17) is 5.11 Å². The number of carbonyl (C=O) groups excluding carboxylic acids is 1. The summed E-state index contributed by atoms with van der Waals surface area (Å²) in [4.78, 5) is 26.3. The highest BCUT2D eigenvalue weighted by Gasteiger charge is 2.41. The van der Waals surface area contributed by atoms with Gasteiger partial charge in [0.15, 0.2) is 0 Å². The van der Waals surface area contributed by atoms with Gasteiger partial charge >= 0.3 is 5.97 Å². The number of hydrogen-bond acceptors (Lipinski definition) is 4. The highest BCUT2D eigenvalue weighted by Crippen LogP contribution is 2.46. The summed E-state index contributed by atoms with van der Waals surface area (Å²) in [6.07, 6.45) is 8.29. The maximum Gasteiger partial charge on any atom is 0.328 e. The zero-order chi connectivity index (χ0) is 14.6. The lowest BCUT2D eigenvalue weighted by molar-refractivity contribution is -0.131. The van der Waals surface area contributed by atoms with Crippen molar-refractivity contribution < 1.29 is 14.7 Å². The van der Waals surface area contributed by atoms with Gasteiger partial charge < -0.3 is 10.4 Å². The summed E-state index contributed by atoms with van der Waals surface area (Å²) in [7, 11) is 0. The summed E-state index contributed by atoms with van der Waals surface area (Å²) in [6.45, 7) is 0.662. The second-order valence-corrected chi connectivity index (χ2v) is 5.99. The fourth-order valence-corrected chi connectivity index (χ4v) is 2.46. The van der Waals surface area contributed by atoms with E-state index in [-0.39, 0.29) is 10.7 Å². The predicted molar refractivity (Wildman–Crippen MR) is 78.7 cm³/mol. The molecule has 1 aliphatic rings. The van der Waals surface area contributed by atoms with Crippen LogP contribution in [-0.2, 0) is 4.79 Å². The second kappa shape index (κ2) is 6.09. The molecule has 1 aromatic heterocycles. The molecule has 1 amide bonds. The molecule has 2 N–H and O–H groups in total. The van der Waals surface area contributed by atoms with E-state index in [0.717, 1.165) is 18.9 Å². The number of pyridine rings is 1. The summed E-state index contributed by atoms with van der Waals surface area (Å²) < 4.78 is 0.222. The highest BCUT2D eigenvalue weighted by molar-refractivity contribution is 8.00. The Morgan fingerprint density at radius 1 is 1.50 bits per heavy atom. The Hall–Kier alpha value is -1.82. The molecule has 5 nitrogen and oxygen atoms in total. The molecule has 106 valence electrons. The van der Waals surface area contributed by atoms with Crippen LogP contribution >= 0.6 is 11.8 Å². The largest absolute Gasteiger partial charge is 0.478 e. The van der Waals surface area contributed by atoms with Crippen LogP contribution in [0.15, 0.2) is 24.4 Å². The molecule has 0 radical (unpaired) electrons. The minimum atomic E-state index is -1.02. The minimum Gasteiger partial charge on any atom is -0.478 e. The van der Waals surface area contributed by atoms with Crippen molar-refractivity contribution in [1.29, 1.82) is 0 Å². The zero-order valence-corrected chi connectivity index (χ0v) is 11.9. The summed E-state index contributed by atoms with van der Waals surface area (Å²) >= 11 is 1.79. The molecule has 1 heterocycles. The molecule has 1 saturated carbocycles. The molecule has 1 fully saturated rings. The molecule has 0 spiro atoms. The van der Waals surface area contributed by atoms with E-state index in [0.29, 0.717) is 17.8 Å². The van der Waals surface area contributed by atoms with Crippen LogP contribution in [0, 0.1) is 0 Å². The van der Waals surface area contributed by atoms with Crippen molar-refractivity contribution in [2.75, 3.05) is 12.8 Å². The van der Waals surface area contributed by atoms with Crippen molar-refractivity contribution in [3.8, 4) is 0 Å². The van der Waals surface area contributed by atoms with Gasteiger partial charge in [0.25, 0.3) is 5.91 Å². The van der Waals surface area contributed by atoms with Crippen LogP contribution in [0.25, 0.3) is 6.08 Å². The lowest BCUT2D eigenvalue weighted by Gasteiger charge is -2.12. The Morgan fingerprint density at radius 2 is 2.25 bits per heavy atom. The molecule has 6 heteroatoms. The lowest BCUT2D eigenvalue weighted by atomic mass is 10.2. The van der Waals surface area contributed by atoms with Crippen LogP contribution < -0.4 is 5.32 Å². The van der Waals surface area contributed by atoms with E-state index < -0.39 is 5.97 Å². The summed E-state index contributed by atoms with van der Waals surface area (Å²) in [5, 5.41) is 11.4. The molecule has 0 atom stereocenters. The number of nitrogens with zero attached hydrogens (tertiary/aromatic N) is 1. The number of nitrogens with one attached hydrogen (secondary N) is 1. The summed E-state index contributed by atoms with van der Waals surface area (Å²) in [5.74, 6) is -1.21. The first-order chi connectivity index (χ1) is 9.54. The molecule has 0 bridgehead atoms. The standard InChI is InChI=1S/C14H16N2O3S/c1-20-14(6-7-14)9-16-13(19)11-4-2-10(8-15-11)3-5-12(17)18/h2-5,8H,6-7,9H2,1H3,(H,16,19)(H,17,18)/b5-3+. The van der Waals surface area contributed by atoms with Crippen LogP contribution in [-0.4, -0.2) is 39.5 Å². The van der Waals surface area contributed by atoms with Gasteiger partial charge in [-0.3, -0.25) is 9.78 Å². The molecule has 0 aliphatic heterocycles. The smallest absolute Gasteiger partial charge is 0.328 e. The Balaban J connectivity index is 1.92. The van der Waals surface area contributed by atoms with Crippen LogP contribution in [0.4, 0.5) is 0 Å². The molecule has 0 unspecified atom stereocenters. The quantitative estimate of drug-likeness (QED) is 0.782. The van der Waals surface area contributed by atoms with Gasteiger partial charge in [-0.15, -0.1) is 0 Å².